The Labute approximate surface area is 175 Å². The maximum atomic E-state index is 13.2. The van der Waals surface area contributed by atoms with Gasteiger partial charge in [0.25, 0.3) is 0 Å². The fourth-order valence-electron chi connectivity index (χ4n) is 2.72. The summed E-state index contributed by atoms with van der Waals surface area (Å²) >= 11 is 1.22. The maximum Gasteiger partial charge on any atom is 0.416 e. The quantitative estimate of drug-likeness (QED) is 0.497. The average molecular weight is 436 g/mol. The molecule has 30 heavy (non-hydrogen) atoms. The van der Waals surface area contributed by atoms with E-state index in [0.717, 1.165) is 17.7 Å². The molecule has 0 saturated heterocycles. The molecular weight excluding hydrogens is 417 g/mol. The van der Waals surface area contributed by atoms with Crippen molar-refractivity contribution in [1.29, 1.82) is 0 Å². The molecule has 1 heterocycles. The number of hydrogen-bond donors (Lipinski definition) is 1. The second-order valence-corrected chi connectivity index (χ2v) is 7.04. The molecule has 0 radical (unpaired) electrons. The number of nitrogens with one attached hydrogen (secondary N) is 1. The van der Waals surface area contributed by atoms with Gasteiger partial charge in [-0.3, -0.25) is 4.79 Å². The van der Waals surface area contributed by atoms with E-state index in [9.17, 15) is 18.0 Å². The number of ether oxygens (including phenoxy) is 2. The van der Waals surface area contributed by atoms with Crippen LogP contribution in [-0.2, 0) is 15.7 Å². The summed E-state index contributed by atoms with van der Waals surface area (Å²) < 4.78 is 49.7. The summed E-state index contributed by atoms with van der Waals surface area (Å²) in [4.78, 5) is 16.2. The molecular formula is C21H19F3N2O3S. The molecule has 0 amide bonds. The van der Waals surface area contributed by atoms with Crippen LogP contribution >= 0.6 is 11.3 Å². The number of carbonyl (C=O) groups excluding carboxylic acids is 1. The van der Waals surface area contributed by atoms with Crippen LogP contribution in [0.1, 0.15) is 12.5 Å². The van der Waals surface area contributed by atoms with Gasteiger partial charge in [0.2, 0.25) is 0 Å². The molecule has 3 rings (SSSR count). The predicted octanol–water partition coefficient (Wildman–Crippen LogP) is 5.48. The monoisotopic (exact) mass is 436 g/mol. The third-order valence-electron chi connectivity index (χ3n) is 4.20. The molecule has 158 valence electrons. The number of thiazole rings is 1. The zero-order valence-corrected chi connectivity index (χ0v) is 17.1. The van der Waals surface area contributed by atoms with Crippen LogP contribution < -0.4 is 10.1 Å². The number of rotatable bonds is 7. The lowest BCUT2D eigenvalue weighted by Gasteiger charge is -2.13. The number of carbonyl (C=O) groups is 1. The zero-order chi connectivity index (χ0) is 21.7. The number of halogens is 3. The highest BCUT2D eigenvalue weighted by Crippen LogP contribution is 2.38. The first kappa shape index (κ1) is 21.6. The van der Waals surface area contributed by atoms with Crippen LogP contribution in [0.15, 0.2) is 47.8 Å². The first-order valence-electron chi connectivity index (χ1n) is 9.03. The average Bonchev–Trinajstić information content (AvgIpc) is 3.22. The number of anilines is 1. The van der Waals surface area contributed by atoms with E-state index >= 15 is 0 Å². The van der Waals surface area contributed by atoms with E-state index < -0.39 is 17.7 Å². The van der Waals surface area contributed by atoms with E-state index in [2.05, 4.69) is 10.3 Å². The normalized spacial score (nSPS) is 11.2. The van der Waals surface area contributed by atoms with Gasteiger partial charge in [-0.05, 0) is 49.4 Å². The van der Waals surface area contributed by atoms with Gasteiger partial charge >= 0.3 is 12.1 Å². The van der Waals surface area contributed by atoms with Crippen LogP contribution in [0, 0.1) is 0 Å². The van der Waals surface area contributed by atoms with Gasteiger partial charge in [-0.15, -0.1) is 11.3 Å². The maximum absolute atomic E-state index is 13.2. The van der Waals surface area contributed by atoms with Gasteiger partial charge < -0.3 is 14.8 Å². The van der Waals surface area contributed by atoms with Crippen LogP contribution in [0.4, 0.5) is 18.9 Å². The summed E-state index contributed by atoms with van der Waals surface area (Å²) in [6, 6.07) is 10.5. The van der Waals surface area contributed by atoms with Gasteiger partial charge in [-0.25, -0.2) is 4.98 Å². The van der Waals surface area contributed by atoms with E-state index in [0.29, 0.717) is 22.1 Å². The first-order chi connectivity index (χ1) is 14.3. The van der Waals surface area contributed by atoms with Gasteiger partial charge in [0, 0.05) is 22.2 Å². The van der Waals surface area contributed by atoms with Crippen molar-refractivity contribution in [2.45, 2.75) is 13.1 Å². The molecule has 1 N–H and O–H groups in total. The number of esters is 1. The molecule has 2 aromatic carbocycles. The van der Waals surface area contributed by atoms with Crippen LogP contribution in [-0.4, -0.2) is 31.2 Å². The number of alkyl halides is 3. The standard InChI is InChI=1S/C21H19F3N2O3S/c1-3-29-19(27)11-25-17-9-6-14(21(22,23)24)10-16(17)20-26-18(12-30-20)13-4-7-15(28-2)8-5-13/h4-10,12,25H,3,11H2,1-2H3. The summed E-state index contributed by atoms with van der Waals surface area (Å²) in [6.07, 6.45) is -4.50. The van der Waals surface area contributed by atoms with Crippen LogP contribution in [0.3, 0.4) is 0 Å². The minimum absolute atomic E-state index is 0.164. The lowest BCUT2D eigenvalue weighted by molar-refractivity contribution is -0.141. The molecule has 0 aliphatic carbocycles. The molecule has 0 fully saturated rings. The third kappa shape index (κ3) is 5.10. The molecule has 0 saturated carbocycles. The Morgan fingerprint density at radius 3 is 2.53 bits per heavy atom. The van der Waals surface area contributed by atoms with Crippen molar-refractivity contribution in [2.24, 2.45) is 0 Å². The largest absolute Gasteiger partial charge is 0.497 e. The second kappa shape index (κ2) is 9.17. The van der Waals surface area contributed by atoms with Gasteiger partial charge in [0.05, 0.1) is 25.0 Å². The van der Waals surface area contributed by atoms with E-state index in [1.807, 2.05) is 12.1 Å². The van der Waals surface area contributed by atoms with E-state index in [4.69, 9.17) is 9.47 Å². The second-order valence-electron chi connectivity index (χ2n) is 6.18. The summed E-state index contributed by atoms with van der Waals surface area (Å²) in [5.41, 5.74) is 1.28. The van der Waals surface area contributed by atoms with E-state index in [1.165, 1.54) is 17.4 Å². The molecule has 0 spiro atoms. The molecule has 0 aliphatic heterocycles. The predicted molar refractivity (Wildman–Crippen MR) is 110 cm³/mol. The number of benzene rings is 2. The molecule has 3 aromatic rings. The van der Waals surface area contributed by atoms with Crippen molar-refractivity contribution >= 4 is 23.0 Å². The summed E-state index contributed by atoms with van der Waals surface area (Å²) in [5, 5.41) is 5.02. The fraction of sp³-hybridized carbons (Fsp3) is 0.238. The number of hydrogen-bond acceptors (Lipinski definition) is 6. The Morgan fingerprint density at radius 2 is 1.90 bits per heavy atom. The Bertz CT molecular complexity index is 1020. The van der Waals surface area contributed by atoms with E-state index in [-0.39, 0.29) is 18.7 Å². The summed E-state index contributed by atoms with van der Waals surface area (Å²) in [6.45, 7) is 1.73. The number of nitrogens with zero attached hydrogens (tertiary/aromatic N) is 1. The smallest absolute Gasteiger partial charge is 0.416 e. The highest BCUT2D eigenvalue weighted by atomic mass is 32.1. The molecule has 0 unspecified atom stereocenters. The van der Waals surface area contributed by atoms with Crippen LogP contribution in [0.2, 0.25) is 0 Å². The topological polar surface area (TPSA) is 60.5 Å². The SMILES string of the molecule is CCOC(=O)CNc1ccc(C(F)(F)F)cc1-c1nc(-c2ccc(OC)cc2)cs1. The Balaban J connectivity index is 1.95. The lowest BCUT2D eigenvalue weighted by Crippen LogP contribution is -2.17. The van der Waals surface area contributed by atoms with Crippen molar-refractivity contribution in [2.75, 3.05) is 25.6 Å². The zero-order valence-electron chi connectivity index (χ0n) is 16.2. The lowest BCUT2D eigenvalue weighted by atomic mass is 10.1. The molecule has 0 bridgehead atoms. The van der Waals surface area contributed by atoms with Crippen molar-refractivity contribution < 1.29 is 27.4 Å². The number of methoxy groups -OCH3 is 1. The Hall–Kier alpha value is -3.07. The van der Waals surface area contributed by atoms with Gasteiger partial charge in [0.1, 0.15) is 17.3 Å². The highest BCUT2D eigenvalue weighted by molar-refractivity contribution is 7.13. The first-order valence-corrected chi connectivity index (χ1v) is 9.91. The van der Waals surface area contributed by atoms with Gasteiger partial charge in [0.15, 0.2) is 0 Å². The molecule has 9 heteroatoms. The highest BCUT2D eigenvalue weighted by Gasteiger charge is 2.31. The molecule has 0 atom stereocenters. The van der Waals surface area contributed by atoms with Crippen molar-refractivity contribution in [3.8, 4) is 27.6 Å². The third-order valence-corrected chi connectivity index (χ3v) is 5.07. The summed E-state index contributed by atoms with van der Waals surface area (Å²) in [7, 11) is 1.56. The Kier molecular flexibility index (Phi) is 6.61. The molecule has 1 aromatic heterocycles. The molecule has 0 aliphatic rings. The minimum Gasteiger partial charge on any atom is -0.497 e. The van der Waals surface area contributed by atoms with Gasteiger partial charge in [-0.2, -0.15) is 13.2 Å². The number of aromatic nitrogens is 1. The van der Waals surface area contributed by atoms with Crippen LogP contribution in [0.5, 0.6) is 5.75 Å². The molecule has 5 nitrogen and oxygen atoms in total. The fourth-order valence-corrected chi connectivity index (χ4v) is 3.58. The summed E-state index contributed by atoms with van der Waals surface area (Å²) in [5.74, 6) is 0.193. The Morgan fingerprint density at radius 1 is 1.17 bits per heavy atom. The van der Waals surface area contributed by atoms with Crippen molar-refractivity contribution in [1.82, 2.24) is 4.98 Å². The van der Waals surface area contributed by atoms with Gasteiger partial charge in [-0.1, -0.05) is 0 Å². The van der Waals surface area contributed by atoms with Crippen LogP contribution in [0.25, 0.3) is 21.8 Å². The van der Waals surface area contributed by atoms with E-state index in [1.54, 1.807) is 31.5 Å². The van der Waals surface area contributed by atoms with Crippen molar-refractivity contribution in [3.63, 3.8) is 0 Å². The minimum atomic E-state index is -4.50. The van der Waals surface area contributed by atoms with Crippen molar-refractivity contribution in [3.05, 3.63) is 53.4 Å².